The maximum atomic E-state index is 13.4. The molecular formula is C27H27FN2O4. The normalized spacial score (nSPS) is 17.0. The first kappa shape index (κ1) is 21.4. The van der Waals surface area contributed by atoms with E-state index >= 15 is 0 Å². The van der Waals surface area contributed by atoms with Crippen molar-refractivity contribution in [1.82, 2.24) is 10.1 Å². The summed E-state index contributed by atoms with van der Waals surface area (Å²) in [6, 6.07) is 10.5. The van der Waals surface area contributed by atoms with E-state index in [-0.39, 0.29) is 11.4 Å². The molecular weight excluding hydrogens is 435 g/mol. The SMILES string of the molecule is O=c1oc2cc(OCCCN3CCC(c4noc5cc(F)ccc45)CC3)ccc2c2c1CCC2. The molecule has 0 bridgehead atoms. The minimum Gasteiger partial charge on any atom is -0.493 e. The number of ether oxygens (including phenoxy) is 1. The zero-order valence-corrected chi connectivity index (χ0v) is 19.0. The van der Waals surface area contributed by atoms with Gasteiger partial charge in [0.2, 0.25) is 0 Å². The van der Waals surface area contributed by atoms with Crippen molar-refractivity contribution in [2.75, 3.05) is 26.2 Å². The van der Waals surface area contributed by atoms with Crippen LogP contribution in [0.4, 0.5) is 4.39 Å². The Morgan fingerprint density at radius 3 is 2.74 bits per heavy atom. The third-order valence-corrected chi connectivity index (χ3v) is 7.27. The highest BCUT2D eigenvalue weighted by Crippen LogP contribution is 2.33. The highest BCUT2D eigenvalue weighted by Gasteiger charge is 2.25. The fourth-order valence-corrected chi connectivity index (χ4v) is 5.49. The van der Waals surface area contributed by atoms with E-state index in [0.717, 1.165) is 91.5 Å². The van der Waals surface area contributed by atoms with Crippen molar-refractivity contribution in [1.29, 1.82) is 0 Å². The lowest BCUT2D eigenvalue weighted by Gasteiger charge is -2.31. The number of nitrogens with zero attached hydrogens (tertiary/aromatic N) is 2. The number of hydrogen-bond acceptors (Lipinski definition) is 6. The molecule has 0 atom stereocenters. The van der Waals surface area contributed by atoms with Crippen LogP contribution in [0.1, 0.15) is 48.4 Å². The molecule has 0 saturated carbocycles. The average molecular weight is 463 g/mol. The summed E-state index contributed by atoms with van der Waals surface area (Å²) in [5.74, 6) is 0.776. The van der Waals surface area contributed by atoms with Gasteiger partial charge in [-0.2, -0.15) is 0 Å². The molecule has 0 spiro atoms. The second-order valence-electron chi connectivity index (χ2n) is 9.38. The molecule has 7 heteroatoms. The molecule has 34 heavy (non-hydrogen) atoms. The van der Waals surface area contributed by atoms with Crippen LogP contribution in [-0.4, -0.2) is 36.3 Å². The molecule has 4 aromatic rings. The van der Waals surface area contributed by atoms with Crippen LogP contribution in [0.5, 0.6) is 5.75 Å². The van der Waals surface area contributed by atoms with Gasteiger partial charge in [0.25, 0.3) is 0 Å². The molecule has 1 aliphatic carbocycles. The van der Waals surface area contributed by atoms with Crippen molar-refractivity contribution >= 4 is 21.9 Å². The minimum absolute atomic E-state index is 0.202. The molecule has 3 heterocycles. The molecule has 176 valence electrons. The quantitative estimate of drug-likeness (QED) is 0.289. The van der Waals surface area contributed by atoms with Gasteiger partial charge in [-0.3, -0.25) is 0 Å². The number of benzene rings is 2. The number of hydrogen-bond donors (Lipinski definition) is 0. The Bertz CT molecular complexity index is 1400. The lowest BCUT2D eigenvalue weighted by atomic mass is 9.91. The van der Waals surface area contributed by atoms with Crippen LogP contribution in [0.2, 0.25) is 0 Å². The molecule has 0 radical (unpaired) electrons. The summed E-state index contributed by atoms with van der Waals surface area (Å²) in [5, 5.41) is 6.19. The van der Waals surface area contributed by atoms with Gasteiger partial charge in [-0.25, -0.2) is 9.18 Å². The molecule has 1 saturated heterocycles. The summed E-state index contributed by atoms with van der Waals surface area (Å²) < 4.78 is 30.3. The Morgan fingerprint density at radius 1 is 1.03 bits per heavy atom. The zero-order valence-electron chi connectivity index (χ0n) is 19.0. The van der Waals surface area contributed by atoms with Crippen LogP contribution >= 0.6 is 0 Å². The number of piperidine rings is 1. The maximum Gasteiger partial charge on any atom is 0.339 e. The Labute approximate surface area is 196 Å². The van der Waals surface area contributed by atoms with Crippen molar-refractivity contribution in [3.63, 3.8) is 0 Å². The molecule has 2 aliphatic rings. The molecule has 0 unspecified atom stereocenters. The maximum absolute atomic E-state index is 13.4. The van der Waals surface area contributed by atoms with Gasteiger partial charge in [0, 0.05) is 40.9 Å². The van der Waals surface area contributed by atoms with Crippen molar-refractivity contribution in [3.05, 3.63) is 69.5 Å². The van der Waals surface area contributed by atoms with E-state index in [2.05, 4.69) is 10.1 Å². The summed E-state index contributed by atoms with van der Waals surface area (Å²) in [6.45, 7) is 3.56. The van der Waals surface area contributed by atoms with E-state index in [0.29, 0.717) is 23.7 Å². The highest BCUT2D eigenvalue weighted by atomic mass is 19.1. The summed E-state index contributed by atoms with van der Waals surface area (Å²) in [6.07, 6.45) is 5.71. The van der Waals surface area contributed by atoms with E-state index in [1.165, 1.54) is 12.1 Å². The number of rotatable bonds is 6. The Morgan fingerprint density at radius 2 is 1.85 bits per heavy atom. The van der Waals surface area contributed by atoms with Crippen LogP contribution in [-0.2, 0) is 12.8 Å². The fraction of sp³-hybridized carbons (Fsp3) is 0.407. The van der Waals surface area contributed by atoms with Gasteiger partial charge in [-0.15, -0.1) is 0 Å². The lowest BCUT2D eigenvalue weighted by Crippen LogP contribution is -2.34. The van der Waals surface area contributed by atoms with Crippen LogP contribution < -0.4 is 10.4 Å². The molecule has 2 aromatic carbocycles. The second kappa shape index (κ2) is 8.87. The number of likely N-dealkylation sites (tertiary alicyclic amines) is 1. The third-order valence-electron chi connectivity index (χ3n) is 7.27. The first-order chi connectivity index (χ1) is 16.7. The number of fused-ring (bicyclic) bond motifs is 4. The van der Waals surface area contributed by atoms with Crippen molar-refractivity contribution in [3.8, 4) is 5.75 Å². The summed E-state index contributed by atoms with van der Waals surface area (Å²) in [4.78, 5) is 14.7. The van der Waals surface area contributed by atoms with Crippen LogP contribution in [0.3, 0.4) is 0 Å². The van der Waals surface area contributed by atoms with E-state index in [1.54, 1.807) is 6.07 Å². The number of halogens is 1. The summed E-state index contributed by atoms with van der Waals surface area (Å²) in [7, 11) is 0. The predicted octanol–water partition coefficient (Wildman–Crippen LogP) is 5.21. The first-order valence-electron chi connectivity index (χ1n) is 12.1. The van der Waals surface area contributed by atoms with E-state index in [4.69, 9.17) is 13.7 Å². The predicted molar refractivity (Wildman–Crippen MR) is 127 cm³/mol. The topological polar surface area (TPSA) is 68.7 Å². The monoisotopic (exact) mass is 462 g/mol. The van der Waals surface area contributed by atoms with Gasteiger partial charge in [-0.05, 0) is 81.4 Å². The van der Waals surface area contributed by atoms with Crippen LogP contribution in [0.15, 0.2) is 50.1 Å². The van der Waals surface area contributed by atoms with Gasteiger partial charge in [0.1, 0.15) is 17.1 Å². The largest absolute Gasteiger partial charge is 0.493 e. The Hall–Kier alpha value is -3.19. The standard InChI is InChI=1S/C27H27FN2O4/c28-18-5-7-23-25(15-18)34-29-26(23)17-9-12-30(13-10-17)11-2-14-32-19-6-8-21-20-3-1-4-22(20)27(31)33-24(21)16-19/h5-8,15-17H,1-4,9-14H2. The fourth-order valence-electron chi connectivity index (χ4n) is 5.49. The smallest absolute Gasteiger partial charge is 0.339 e. The Kier molecular flexibility index (Phi) is 5.57. The van der Waals surface area contributed by atoms with Crippen molar-refractivity contribution < 1.29 is 18.1 Å². The first-order valence-corrected chi connectivity index (χ1v) is 12.1. The van der Waals surface area contributed by atoms with Gasteiger partial charge < -0.3 is 18.6 Å². The van der Waals surface area contributed by atoms with Gasteiger partial charge in [-0.1, -0.05) is 5.16 Å². The molecule has 0 amide bonds. The molecule has 0 N–H and O–H groups in total. The number of aromatic nitrogens is 1. The molecule has 1 fully saturated rings. The summed E-state index contributed by atoms with van der Waals surface area (Å²) in [5.41, 5.74) is 3.88. The van der Waals surface area contributed by atoms with Crippen molar-refractivity contribution in [2.24, 2.45) is 0 Å². The molecule has 6 rings (SSSR count). The zero-order chi connectivity index (χ0) is 23.1. The number of aryl methyl sites for hydroxylation is 1. The van der Waals surface area contributed by atoms with Crippen molar-refractivity contribution in [2.45, 2.75) is 44.4 Å². The van der Waals surface area contributed by atoms with Crippen LogP contribution in [0.25, 0.3) is 21.9 Å². The van der Waals surface area contributed by atoms with E-state index in [9.17, 15) is 9.18 Å². The minimum atomic E-state index is -0.302. The third kappa shape index (κ3) is 3.98. The van der Waals surface area contributed by atoms with E-state index < -0.39 is 0 Å². The van der Waals surface area contributed by atoms with E-state index in [1.807, 2.05) is 18.2 Å². The second-order valence-corrected chi connectivity index (χ2v) is 9.38. The van der Waals surface area contributed by atoms with Crippen LogP contribution in [0, 0.1) is 5.82 Å². The molecule has 6 nitrogen and oxygen atoms in total. The van der Waals surface area contributed by atoms with Gasteiger partial charge in [0.05, 0.1) is 12.3 Å². The van der Waals surface area contributed by atoms with Gasteiger partial charge in [0.15, 0.2) is 5.58 Å². The average Bonchev–Trinajstić information content (AvgIpc) is 3.50. The molecule has 1 aliphatic heterocycles. The van der Waals surface area contributed by atoms with Gasteiger partial charge >= 0.3 is 5.63 Å². The molecule has 2 aromatic heterocycles. The Balaban J connectivity index is 1.01. The lowest BCUT2D eigenvalue weighted by molar-refractivity contribution is 0.191. The summed E-state index contributed by atoms with van der Waals surface area (Å²) >= 11 is 0. The highest BCUT2D eigenvalue weighted by molar-refractivity contribution is 5.83.